The number of hydrogen-bond donors (Lipinski definition) is 3. The lowest BCUT2D eigenvalue weighted by atomic mass is 10.0. The molecule has 0 saturated carbocycles. The van der Waals surface area contributed by atoms with E-state index in [9.17, 15) is 19.8 Å². The van der Waals surface area contributed by atoms with Crippen molar-refractivity contribution in [3.8, 4) is 0 Å². The van der Waals surface area contributed by atoms with Crippen LogP contribution in [-0.4, -0.2) is 47.4 Å². The summed E-state index contributed by atoms with van der Waals surface area (Å²) >= 11 is 0. The van der Waals surface area contributed by atoms with Gasteiger partial charge in [0.2, 0.25) is 5.91 Å². The highest BCUT2D eigenvalue weighted by Gasteiger charge is 2.20. The largest absolute Gasteiger partial charge is 0.466 e. The molecule has 0 spiro atoms. The summed E-state index contributed by atoms with van der Waals surface area (Å²) in [4.78, 5) is 24.4. The summed E-state index contributed by atoms with van der Waals surface area (Å²) in [7, 11) is 0. The van der Waals surface area contributed by atoms with E-state index in [4.69, 9.17) is 4.74 Å². The van der Waals surface area contributed by atoms with Gasteiger partial charge in [-0.15, -0.1) is 0 Å². The fraction of sp³-hybridized carbons (Fsp3) is 0.811. The van der Waals surface area contributed by atoms with E-state index >= 15 is 0 Å². The lowest BCUT2D eigenvalue weighted by Crippen LogP contribution is -2.45. The predicted molar refractivity (Wildman–Crippen MR) is 255 cm³/mol. The fourth-order valence-electron chi connectivity index (χ4n) is 7.41. The van der Waals surface area contributed by atoms with E-state index in [0.29, 0.717) is 25.9 Å². The zero-order chi connectivity index (χ0) is 43.0. The van der Waals surface area contributed by atoms with E-state index in [0.717, 1.165) is 96.3 Å². The maximum absolute atomic E-state index is 12.4. The van der Waals surface area contributed by atoms with Gasteiger partial charge in [-0.05, 0) is 89.9 Å². The molecule has 59 heavy (non-hydrogen) atoms. The van der Waals surface area contributed by atoms with Crippen LogP contribution in [-0.2, 0) is 14.3 Å². The number of amides is 1. The zero-order valence-corrected chi connectivity index (χ0v) is 39.0. The van der Waals surface area contributed by atoms with Crippen LogP contribution in [0, 0.1) is 0 Å². The second kappa shape index (κ2) is 48.5. The van der Waals surface area contributed by atoms with Crippen molar-refractivity contribution in [3.63, 3.8) is 0 Å². The van der Waals surface area contributed by atoms with Crippen LogP contribution < -0.4 is 5.32 Å². The summed E-state index contributed by atoms with van der Waals surface area (Å²) in [5.41, 5.74) is 0. The van der Waals surface area contributed by atoms with Crippen LogP contribution in [0.2, 0.25) is 0 Å². The quantitative estimate of drug-likeness (QED) is 0.0323. The molecule has 6 nitrogen and oxygen atoms in total. The highest BCUT2D eigenvalue weighted by Crippen LogP contribution is 2.15. The number of unbranched alkanes of at least 4 members (excludes halogenated alkanes) is 27. The number of hydrogen-bond acceptors (Lipinski definition) is 5. The van der Waals surface area contributed by atoms with Gasteiger partial charge in [-0.3, -0.25) is 9.59 Å². The van der Waals surface area contributed by atoms with Gasteiger partial charge < -0.3 is 20.3 Å². The highest BCUT2D eigenvalue weighted by atomic mass is 16.5. The molecule has 3 N–H and O–H groups in total. The van der Waals surface area contributed by atoms with Crippen molar-refractivity contribution in [1.82, 2.24) is 5.32 Å². The van der Waals surface area contributed by atoms with E-state index in [2.05, 4.69) is 67.8 Å². The van der Waals surface area contributed by atoms with Crippen molar-refractivity contribution >= 4 is 11.9 Å². The standard InChI is InChI=1S/C53H97NO5/c1-3-5-7-9-11-13-15-22-27-31-35-39-43-47-53(58)59-48-44-40-36-32-28-24-21-19-17-18-20-23-26-30-34-38-42-46-52(57)54-50(49-55)51(56)45-41-37-33-29-25-16-14-12-10-8-6-4-2/h7,9,13,15,17,19,24,28,50-51,55-56H,3-6,8,10-12,14,16,18,20-23,25-27,29-49H2,1-2H3,(H,54,57)/b9-7-,15-13-,19-17-,28-24-. The average molecular weight is 828 g/mol. The minimum absolute atomic E-state index is 0.0318. The summed E-state index contributed by atoms with van der Waals surface area (Å²) in [6, 6.07) is -0.553. The Bertz CT molecular complexity index is 1000. The van der Waals surface area contributed by atoms with Crippen LogP contribution in [0.4, 0.5) is 0 Å². The second-order valence-corrected chi connectivity index (χ2v) is 17.1. The highest BCUT2D eigenvalue weighted by molar-refractivity contribution is 5.76. The van der Waals surface area contributed by atoms with Gasteiger partial charge >= 0.3 is 5.97 Å². The Kier molecular flexibility index (Phi) is 46.7. The van der Waals surface area contributed by atoms with Crippen molar-refractivity contribution < 1.29 is 24.5 Å². The molecule has 0 saturated heterocycles. The number of nitrogens with one attached hydrogen (secondary N) is 1. The first-order chi connectivity index (χ1) is 29.0. The van der Waals surface area contributed by atoms with Gasteiger partial charge in [-0.25, -0.2) is 0 Å². The fourth-order valence-corrected chi connectivity index (χ4v) is 7.41. The molecule has 2 unspecified atom stereocenters. The van der Waals surface area contributed by atoms with Crippen molar-refractivity contribution in [2.75, 3.05) is 13.2 Å². The molecule has 344 valence electrons. The number of carbonyl (C=O) groups excluding carboxylic acids is 2. The molecule has 0 aliphatic carbocycles. The molecule has 0 aromatic rings. The Morgan fingerprint density at radius 1 is 0.475 bits per heavy atom. The van der Waals surface area contributed by atoms with Crippen molar-refractivity contribution in [2.24, 2.45) is 0 Å². The molecule has 2 atom stereocenters. The predicted octanol–water partition coefficient (Wildman–Crippen LogP) is 15.1. The maximum atomic E-state index is 12.4. The lowest BCUT2D eigenvalue weighted by Gasteiger charge is -2.22. The Hall–Kier alpha value is -2.18. The summed E-state index contributed by atoms with van der Waals surface area (Å²) in [6.45, 7) is 4.82. The number of aliphatic hydroxyl groups is 2. The Morgan fingerprint density at radius 3 is 1.36 bits per heavy atom. The molecule has 0 radical (unpaired) electrons. The van der Waals surface area contributed by atoms with Gasteiger partial charge in [0.1, 0.15) is 0 Å². The molecule has 0 heterocycles. The average Bonchev–Trinajstić information content (AvgIpc) is 3.24. The van der Waals surface area contributed by atoms with E-state index in [-0.39, 0.29) is 18.5 Å². The molecule has 0 aliphatic heterocycles. The normalized spacial score (nSPS) is 13.1. The maximum Gasteiger partial charge on any atom is 0.305 e. The number of carbonyl (C=O) groups is 2. The van der Waals surface area contributed by atoms with Gasteiger partial charge in [-0.1, -0.05) is 197 Å². The van der Waals surface area contributed by atoms with Crippen LogP contribution in [0.3, 0.4) is 0 Å². The van der Waals surface area contributed by atoms with Crippen LogP contribution in [0.1, 0.15) is 251 Å². The summed E-state index contributed by atoms with van der Waals surface area (Å²) in [5, 5.41) is 23.1. The van der Waals surface area contributed by atoms with Crippen LogP contribution in [0.5, 0.6) is 0 Å². The second-order valence-electron chi connectivity index (χ2n) is 17.1. The lowest BCUT2D eigenvalue weighted by molar-refractivity contribution is -0.143. The van der Waals surface area contributed by atoms with Gasteiger partial charge in [0, 0.05) is 12.8 Å². The Morgan fingerprint density at radius 2 is 0.881 bits per heavy atom. The summed E-state index contributed by atoms with van der Waals surface area (Å²) < 4.78 is 5.43. The number of allylic oxidation sites excluding steroid dienone is 8. The van der Waals surface area contributed by atoms with Gasteiger partial charge in [0.05, 0.1) is 25.4 Å². The number of aliphatic hydroxyl groups excluding tert-OH is 2. The molecule has 0 aliphatic rings. The number of esters is 1. The minimum Gasteiger partial charge on any atom is -0.466 e. The minimum atomic E-state index is -0.675. The molecule has 1 amide bonds. The molecule has 0 bridgehead atoms. The number of rotatable bonds is 46. The first-order valence-corrected chi connectivity index (χ1v) is 25.4. The smallest absolute Gasteiger partial charge is 0.305 e. The third-order valence-electron chi connectivity index (χ3n) is 11.3. The van der Waals surface area contributed by atoms with Crippen molar-refractivity contribution in [3.05, 3.63) is 48.6 Å². The van der Waals surface area contributed by atoms with Gasteiger partial charge in [0.25, 0.3) is 0 Å². The van der Waals surface area contributed by atoms with E-state index < -0.39 is 12.1 Å². The Labute approximate surface area is 366 Å². The van der Waals surface area contributed by atoms with Crippen molar-refractivity contribution in [1.29, 1.82) is 0 Å². The molecule has 0 aromatic carbocycles. The molecular weight excluding hydrogens is 731 g/mol. The van der Waals surface area contributed by atoms with Gasteiger partial charge in [-0.2, -0.15) is 0 Å². The third kappa shape index (κ3) is 45.2. The molecular formula is C53H97NO5. The molecule has 6 heteroatoms. The van der Waals surface area contributed by atoms with E-state index in [1.807, 2.05) is 0 Å². The van der Waals surface area contributed by atoms with Crippen LogP contribution in [0.15, 0.2) is 48.6 Å². The van der Waals surface area contributed by atoms with Crippen LogP contribution >= 0.6 is 0 Å². The molecule has 0 rings (SSSR count). The SMILES string of the molecule is CCC/C=C\C/C=C\CCCCCCCC(=O)OCCCCC/C=C\C/C=C\CCCCCCCCCC(=O)NC(CO)C(O)CCCCCCCCCCCCCC. The summed E-state index contributed by atoms with van der Waals surface area (Å²) in [5.74, 6) is -0.0855. The van der Waals surface area contributed by atoms with Crippen LogP contribution in [0.25, 0.3) is 0 Å². The summed E-state index contributed by atoms with van der Waals surface area (Å²) in [6.07, 6.45) is 59.4. The van der Waals surface area contributed by atoms with E-state index in [1.165, 1.54) is 122 Å². The van der Waals surface area contributed by atoms with Crippen molar-refractivity contribution in [2.45, 2.75) is 264 Å². The molecule has 0 aromatic heterocycles. The first kappa shape index (κ1) is 56.8. The van der Waals surface area contributed by atoms with E-state index in [1.54, 1.807) is 0 Å². The first-order valence-electron chi connectivity index (χ1n) is 25.4. The topological polar surface area (TPSA) is 95.9 Å². The zero-order valence-electron chi connectivity index (χ0n) is 39.0. The third-order valence-corrected chi connectivity index (χ3v) is 11.3. The molecule has 0 fully saturated rings. The van der Waals surface area contributed by atoms with Gasteiger partial charge in [0.15, 0.2) is 0 Å². The monoisotopic (exact) mass is 828 g/mol. The number of ether oxygens (including phenoxy) is 1. The Balaban J connectivity index is 3.52.